The van der Waals surface area contributed by atoms with Crippen LogP contribution in [0.4, 0.5) is 10.1 Å². The van der Waals surface area contributed by atoms with E-state index in [0.29, 0.717) is 24.2 Å². The van der Waals surface area contributed by atoms with Crippen LogP contribution in [0, 0.1) is 12.7 Å². The Hall–Kier alpha value is -1.14. The molecule has 1 saturated heterocycles. The van der Waals surface area contributed by atoms with Gasteiger partial charge in [0.05, 0.1) is 17.6 Å². The van der Waals surface area contributed by atoms with Gasteiger partial charge in [-0.3, -0.25) is 0 Å². The molecule has 0 spiro atoms. The molecule has 1 unspecified atom stereocenters. The lowest BCUT2D eigenvalue weighted by atomic mass is 10.0. The molecule has 0 amide bonds. The summed E-state index contributed by atoms with van der Waals surface area (Å²) in [5, 5.41) is 9.74. The van der Waals surface area contributed by atoms with Gasteiger partial charge in [0.1, 0.15) is 5.82 Å². The van der Waals surface area contributed by atoms with Gasteiger partial charge in [-0.2, -0.15) is 0 Å². The first-order valence-corrected chi connectivity index (χ1v) is 8.06. The van der Waals surface area contributed by atoms with Gasteiger partial charge in [0.15, 0.2) is 9.84 Å². The number of hydrogen-bond acceptors (Lipinski definition) is 4. The Labute approximate surface area is 112 Å². The van der Waals surface area contributed by atoms with E-state index >= 15 is 0 Å². The van der Waals surface area contributed by atoms with Crippen LogP contribution in [0.1, 0.15) is 24.2 Å². The molecule has 6 heteroatoms. The fraction of sp³-hybridized carbons (Fsp3) is 0.538. The number of benzene rings is 1. The predicted octanol–water partition coefficient (Wildman–Crippen LogP) is 1.42. The van der Waals surface area contributed by atoms with Crippen molar-refractivity contribution < 1.29 is 17.9 Å². The van der Waals surface area contributed by atoms with Crippen LogP contribution in [0.25, 0.3) is 0 Å². The Kier molecular flexibility index (Phi) is 3.82. The van der Waals surface area contributed by atoms with Crippen LogP contribution in [-0.4, -0.2) is 38.1 Å². The van der Waals surface area contributed by atoms with E-state index in [1.54, 1.807) is 19.9 Å². The fourth-order valence-corrected chi connectivity index (χ4v) is 3.44. The van der Waals surface area contributed by atoms with Crippen molar-refractivity contribution in [2.75, 3.05) is 29.5 Å². The predicted molar refractivity (Wildman–Crippen MR) is 72.6 cm³/mol. The summed E-state index contributed by atoms with van der Waals surface area (Å²) in [6.07, 6.45) is -0.788. The van der Waals surface area contributed by atoms with Crippen LogP contribution in [0.3, 0.4) is 0 Å². The molecule has 1 aliphatic heterocycles. The fourth-order valence-electron chi connectivity index (χ4n) is 2.24. The van der Waals surface area contributed by atoms with E-state index in [0.717, 1.165) is 5.69 Å². The molecule has 4 nitrogen and oxygen atoms in total. The Morgan fingerprint density at radius 2 is 1.89 bits per heavy atom. The highest BCUT2D eigenvalue weighted by Crippen LogP contribution is 2.30. The molecule has 19 heavy (non-hydrogen) atoms. The maximum Gasteiger partial charge on any atom is 0.153 e. The number of rotatable bonds is 2. The molecule has 1 atom stereocenters. The van der Waals surface area contributed by atoms with E-state index in [1.165, 1.54) is 6.07 Å². The SMILES string of the molecule is Cc1cc(N2CCS(=O)(=O)CC2)c(C(C)O)cc1F. The topological polar surface area (TPSA) is 57.6 Å². The van der Waals surface area contributed by atoms with E-state index in [2.05, 4.69) is 0 Å². The minimum Gasteiger partial charge on any atom is -0.389 e. The summed E-state index contributed by atoms with van der Waals surface area (Å²) in [5.41, 5.74) is 1.72. The molecule has 1 aromatic carbocycles. The Morgan fingerprint density at radius 3 is 2.42 bits per heavy atom. The first kappa shape index (κ1) is 14.3. The van der Waals surface area contributed by atoms with Crippen molar-refractivity contribution in [3.63, 3.8) is 0 Å². The molecule has 1 heterocycles. The zero-order valence-corrected chi connectivity index (χ0v) is 11.9. The number of hydrogen-bond donors (Lipinski definition) is 1. The molecule has 0 aromatic heterocycles. The standard InChI is InChI=1S/C13H18FNO3S/c1-9-7-13(11(10(2)16)8-12(9)14)15-3-5-19(17,18)6-4-15/h7-8,10,16H,3-6H2,1-2H3. The van der Waals surface area contributed by atoms with E-state index in [9.17, 15) is 17.9 Å². The highest BCUT2D eigenvalue weighted by atomic mass is 32.2. The number of aliphatic hydroxyl groups is 1. The number of halogens is 1. The van der Waals surface area contributed by atoms with E-state index < -0.39 is 15.9 Å². The summed E-state index contributed by atoms with van der Waals surface area (Å²) in [4.78, 5) is 1.90. The molecular weight excluding hydrogens is 269 g/mol. The van der Waals surface area contributed by atoms with E-state index in [4.69, 9.17) is 0 Å². The minimum atomic E-state index is -2.95. The lowest BCUT2D eigenvalue weighted by Gasteiger charge is -2.31. The second-order valence-electron chi connectivity index (χ2n) is 4.98. The molecule has 0 bridgehead atoms. The first-order valence-electron chi connectivity index (χ1n) is 6.23. The maximum absolute atomic E-state index is 13.6. The third-order valence-electron chi connectivity index (χ3n) is 3.44. The van der Waals surface area contributed by atoms with Gasteiger partial charge >= 0.3 is 0 Å². The zero-order chi connectivity index (χ0) is 14.2. The summed E-state index contributed by atoms with van der Waals surface area (Å²) < 4.78 is 36.4. The summed E-state index contributed by atoms with van der Waals surface area (Å²) in [6, 6.07) is 3.01. The third kappa shape index (κ3) is 3.06. The van der Waals surface area contributed by atoms with Crippen molar-refractivity contribution in [2.45, 2.75) is 20.0 Å². The van der Waals surface area contributed by atoms with Crippen molar-refractivity contribution in [2.24, 2.45) is 0 Å². The third-order valence-corrected chi connectivity index (χ3v) is 5.05. The average Bonchev–Trinajstić information content (AvgIpc) is 2.32. The van der Waals surface area contributed by atoms with Crippen LogP contribution in [0.15, 0.2) is 12.1 Å². The first-order chi connectivity index (χ1) is 8.80. The number of nitrogens with zero attached hydrogens (tertiary/aromatic N) is 1. The average molecular weight is 287 g/mol. The van der Waals surface area contributed by atoms with Gasteiger partial charge in [-0.05, 0) is 31.5 Å². The summed E-state index contributed by atoms with van der Waals surface area (Å²) >= 11 is 0. The van der Waals surface area contributed by atoms with Crippen LogP contribution in [0.5, 0.6) is 0 Å². The quantitative estimate of drug-likeness (QED) is 0.894. The van der Waals surface area contributed by atoms with Gasteiger partial charge < -0.3 is 10.0 Å². The van der Waals surface area contributed by atoms with Crippen LogP contribution in [0.2, 0.25) is 0 Å². The monoisotopic (exact) mass is 287 g/mol. The number of aryl methyl sites for hydroxylation is 1. The molecule has 1 aliphatic rings. The molecule has 1 N–H and O–H groups in total. The van der Waals surface area contributed by atoms with Crippen LogP contribution in [-0.2, 0) is 9.84 Å². The number of sulfone groups is 1. The summed E-state index contributed by atoms with van der Waals surface area (Å²) in [6.45, 7) is 4.00. The second-order valence-corrected chi connectivity index (χ2v) is 7.28. The molecule has 106 valence electrons. The lowest BCUT2D eigenvalue weighted by molar-refractivity contribution is 0.199. The van der Waals surface area contributed by atoms with Crippen molar-refractivity contribution in [1.29, 1.82) is 0 Å². The van der Waals surface area contributed by atoms with E-state index in [-0.39, 0.29) is 17.3 Å². The molecule has 0 aliphatic carbocycles. The minimum absolute atomic E-state index is 0.0999. The molecule has 1 aromatic rings. The van der Waals surface area contributed by atoms with Gasteiger partial charge in [0, 0.05) is 24.3 Å². The molecule has 1 fully saturated rings. The Morgan fingerprint density at radius 1 is 1.32 bits per heavy atom. The number of anilines is 1. The van der Waals surface area contributed by atoms with E-state index in [1.807, 2.05) is 4.90 Å². The zero-order valence-electron chi connectivity index (χ0n) is 11.1. The normalized spacial score (nSPS) is 20.3. The van der Waals surface area contributed by atoms with Crippen molar-refractivity contribution in [3.8, 4) is 0 Å². The van der Waals surface area contributed by atoms with Crippen LogP contribution < -0.4 is 4.90 Å². The molecule has 0 saturated carbocycles. The van der Waals surface area contributed by atoms with Gasteiger partial charge in [-0.1, -0.05) is 0 Å². The van der Waals surface area contributed by atoms with Crippen molar-refractivity contribution >= 4 is 15.5 Å². The van der Waals surface area contributed by atoms with Crippen molar-refractivity contribution in [1.82, 2.24) is 0 Å². The highest BCUT2D eigenvalue weighted by molar-refractivity contribution is 7.91. The van der Waals surface area contributed by atoms with Gasteiger partial charge in [-0.15, -0.1) is 0 Å². The maximum atomic E-state index is 13.6. The summed E-state index contributed by atoms with van der Waals surface area (Å²) in [5.74, 6) is -0.157. The Bertz CT molecular complexity index is 570. The number of aliphatic hydroxyl groups excluding tert-OH is 1. The largest absolute Gasteiger partial charge is 0.389 e. The Balaban J connectivity index is 2.36. The second kappa shape index (κ2) is 5.09. The lowest BCUT2D eigenvalue weighted by Crippen LogP contribution is -2.40. The highest BCUT2D eigenvalue weighted by Gasteiger charge is 2.24. The van der Waals surface area contributed by atoms with Gasteiger partial charge in [0.2, 0.25) is 0 Å². The molecular formula is C13H18FNO3S. The molecule has 2 rings (SSSR count). The van der Waals surface area contributed by atoms with Crippen LogP contribution >= 0.6 is 0 Å². The van der Waals surface area contributed by atoms with Crippen molar-refractivity contribution in [3.05, 3.63) is 29.1 Å². The molecule has 0 radical (unpaired) electrons. The van der Waals surface area contributed by atoms with Gasteiger partial charge in [-0.25, -0.2) is 12.8 Å². The smallest absolute Gasteiger partial charge is 0.153 e. The summed E-state index contributed by atoms with van der Waals surface area (Å²) in [7, 11) is -2.95. The van der Waals surface area contributed by atoms with Gasteiger partial charge in [0.25, 0.3) is 0 Å².